The van der Waals surface area contributed by atoms with Crippen molar-refractivity contribution in [1.29, 1.82) is 0 Å². The molecule has 0 atom stereocenters. The Kier molecular flexibility index (Phi) is 3.08. The van der Waals surface area contributed by atoms with Crippen LogP contribution in [0.5, 0.6) is 0 Å². The van der Waals surface area contributed by atoms with Gasteiger partial charge in [0.05, 0.1) is 4.75 Å². The van der Waals surface area contributed by atoms with Crippen LogP contribution in [0.3, 0.4) is 0 Å². The van der Waals surface area contributed by atoms with Crippen LogP contribution in [-0.4, -0.2) is 55.6 Å². The fourth-order valence-corrected chi connectivity index (χ4v) is 5.31. The first kappa shape index (κ1) is 13.3. The van der Waals surface area contributed by atoms with E-state index in [2.05, 4.69) is 4.90 Å². The van der Waals surface area contributed by atoms with Crippen molar-refractivity contribution in [3.63, 3.8) is 0 Å². The van der Waals surface area contributed by atoms with Crippen LogP contribution in [0.2, 0.25) is 0 Å². The molecule has 0 unspecified atom stereocenters. The van der Waals surface area contributed by atoms with E-state index in [1.165, 1.54) is 0 Å². The van der Waals surface area contributed by atoms with E-state index >= 15 is 0 Å². The van der Waals surface area contributed by atoms with Gasteiger partial charge in [-0.25, -0.2) is 8.42 Å². The Morgan fingerprint density at radius 2 is 1.47 bits per heavy atom. The minimum atomic E-state index is -3.12. The molecule has 100 valence electrons. The van der Waals surface area contributed by atoms with Gasteiger partial charge in [-0.2, -0.15) is 4.31 Å². The zero-order valence-corrected chi connectivity index (χ0v) is 12.2. The van der Waals surface area contributed by atoms with Crippen LogP contribution in [0, 0.1) is 5.41 Å². The van der Waals surface area contributed by atoms with Crippen LogP contribution in [0.25, 0.3) is 0 Å². The van der Waals surface area contributed by atoms with Gasteiger partial charge in [-0.05, 0) is 25.3 Å². The lowest BCUT2D eigenvalue weighted by molar-refractivity contribution is 0.215. The molecule has 0 bridgehead atoms. The molecule has 2 fully saturated rings. The Balaban J connectivity index is 2.20. The highest BCUT2D eigenvalue weighted by Gasteiger charge is 2.63. The Morgan fingerprint density at radius 1 is 1.00 bits per heavy atom. The highest BCUT2D eigenvalue weighted by atomic mass is 32.2. The quantitative estimate of drug-likeness (QED) is 0.747. The van der Waals surface area contributed by atoms with Crippen molar-refractivity contribution >= 4 is 10.0 Å². The second kappa shape index (κ2) is 3.93. The lowest BCUT2D eigenvalue weighted by Gasteiger charge is -2.38. The van der Waals surface area contributed by atoms with E-state index in [0.29, 0.717) is 13.1 Å². The monoisotopic (exact) mass is 260 g/mol. The summed E-state index contributed by atoms with van der Waals surface area (Å²) >= 11 is 0. The van der Waals surface area contributed by atoms with Gasteiger partial charge in [0.15, 0.2) is 0 Å². The molecule has 5 heteroatoms. The third kappa shape index (κ3) is 2.02. The first-order chi connectivity index (χ1) is 7.71. The minimum Gasteiger partial charge on any atom is -0.304 e. The molecule has 2 aliphatic rings. The molecule has 1 aliphatic carbocycles. The Labute approximate surface area is 105 Å². The fourth-order valence-electron chi connectivity index (χ4n) is 2.78. The first-order valence-corrected chi connectivity index (χ1v) is 7.83. The number of sulfonamides is 1. The molecule has 0 spiro atoms. The number of hydrogen-bond donors (Lipinski definition) is 0. The van der Waals surface area contributed by atoms with Gasteiger partial charge < -0.3 is 4.90 Å². The zero-order chi connectivity index (χ0) is 12.9. The average Bonchev–Trinajstić information content (AvgIpc) is 2.97. The molecule has 1 saturated heterocycles. The van der Waals surface area contributed by atoms with E-state index < -0.39 is 14.8 Å². The highest BCUT2D eigenvalue weighted by Crippen LogP contribution is 2.56. The van der Waals surface area contributed by atoms with Gasteiger partial charge in [0.1, 0.15) is 0 Å². The van der Waals surface area contributed by atoms with Crippen molar-refractivity contribution < 1.29 is 8.42 Å². The van der Waals surface area contributed by atoms with Crippen molar-refractivity contribution in [1.82, 2.24) is 9.21 Å². The number of nitrogens with zero attached hydrogens (tertiary/aromatic N) is 2. The summed E-state index contributed by atoms with van der Waals surface area (Å²) in [6, 6.07) is 0. The fraction of sp³-hybridized carbons (Fsp3) is 1.00. The van der Waals surface area contributed by atoms with Gasteiger partial charge in [-0.15, -0.1) is 0 Å². The van der Waals surface area contributed by atoms with Gasteiger partial charge in [0.2, 0.25) is 10.0 Å². The Bertz CT molecular complexity index is 385. The standard InChI is InChI=1S/C12H24N2O2S/c1-11(2,3)12(5-6-12)17(15,16)14-9-7-13(4)8-10-14/h5-10H2,1-4H3. The number of piperazine rings is 1. The number of likely N-dealkylation sites (N-methyl/N-ethyl adjacent to an activating group) is 1. The van der Waals surface area contributed by atoms with Crippen LogP contribution >= 0.6 is 0 Å². The first-order valence-electron chi connectivity index (χ1n) is 6.39. The molecule has 0 N–H and O–H groups in total. The highest BCUT2D eigenvalue weighted by molar-refractivity contribution is 7.90. The maximum absolute atomic E-state index is 12.7. The molecule has 2 rings (SSSR count). The Morgan fingerprint density at radius 3 is 1.82 bits per heavy atom. The summed E-state index contributed by atoms with van der Waals surface area (Å²) < 4.78 is 26.7. The van der Waals surface area contributed by atoms with Gasteiger partial charge in [-0.1, -0.05) is 20.8 Å². The van der Waals surface area contributed by atoms with Gasteiger partial charge in [0, 0.05) is 26.2 Å². The molecule has 17 heavy (non-hydrogen) atoms. The maximum Gasteiger partial charge on any atom is 0.220 e. The molecule has 0 aromatic carbocycles. The van der Waals surface area contributed by atoms with Crippen molar-refractivity contribution in [3.05, 3.63) is 0 Å². The molecular formula is C12H24N2O2S. The molecule has 1 saturated carbocycles. The molecule has 0 aromatic rings. The molecule has 0 amide bonds. The van der Waals surface area contributed by atoms with Crippen molar-refractivity contribution in [2.75, 3.05) is 33.2 Å². The second-order valence-electron chi connectivity index (χ2n) is 6.45. The predicted octanol–water partition coefficient (Wildman–Crippen LogP) is 1.14. The van der Waals surface area contributed by atoms with E-state index in [1.54, 1.807) is 4.31 Å². The normalized spacial score (nSPS) is 27.1. The van der Waals surface area contributed by atoms with Crippen molar-refractivity contribution in [2.45, 2.75) is 38.4 Å². The summed E-state index contributed by atoms with van der Waals surface area (Å²) in [5.74, 6) is 0. The van der Waals surface area contributed by atoms with Gasteiger partial charge in [0.25, 0.3) is 0 Å². The molecule has 4 nitrogen and oxygen atoms in total. The second-order valence-corrected chi connectivity index (χ2v) is 8.70. The van der Waals surface area contributed by atoms with Crippen LogP contribution in [0.1, 0.15) is 33.6 Å². The maximum atomic E-state index is 12.7. The molecule has 1 heterocycles. The lowest BCUT2D eigenvalue weighted by atomic mass is 9.90. The Hall–Kier alpha value is -0.130. The average molecular weight is 260 g/mol. The summed E-state index contributed by atoms with van der Waals surface area (Å²) in [6.45, 7) is 9.14. The van der Waals surface area contributed by atoms with Crippen molar-refractivity contribution in [2.24, 2.45) is 5.41 Å². The third-order valence-corrected chi connectivity index (χ3v) is 7.42. The molecule has 1 aliphatic heterocycles. The summed E-state index contributed by atoms with van der Waals surface area (Å²) in [5, 5.41) is 0. The summed E-state index contributed by atoms with van der Waals surface area (Å²) in [4.78, 5) is 2.18. The lowest BCUT2D eigenvalue weighted by Crippen LogP contribution is -2.53. The van der Waals surface area contributed by atoms with E-state index in [1.807, 2.05) is 27.8 Å². The van der Waals surface area contributed by atoms with Crippen LogP contribution in [0.15, 0.2) is 0 Å². The number of rotatable bonds is 2. The SMILES string of the molecule is CN1CCN(S(=O)(=O)C2(C(C)(C)C)CC2)CC1. The molecule has 0 aromatic heterocycles. The van der Waals surface area contributed by atoms with Gasteiger partial charge in [-0.3, -0.25) is 0 Å². The van der Waals surface area contributed by atoms with Gasteiger partial charge >= 0.3 is 0 Å². The molecule has 0 radical (unpaired) electrons. The summed E-state index contributed by atoms with van der Waals surface area (Å²) in [5.41, 5.74) is -0.158. The minimum absolute atomic E-state index is 0.158. The zero-order valence-electron chi connectivity index (χ0n) is 11.4. The van der Waals surface area contributed by atoms with Crippen LogP contribution in [-0.2, 0) is 10.0 Å². The van der Waals surface area contributed by atoms with E-state index in [0.717, 1.165) is 25.9 Å². The largest absolute Gasteiger partial charge is 0.304 e. The smallest absolute Gasteiger partial charge is 0.220 e. The summed E-state index contributed by atoms with van der Waals surface area (Å²) in [7, 11) is -1.08. The topological polar surface area (TPSA) is 40.6 Å². The van der Waals surface area contributed by atoms with E-state index in [-0.39, 0.29) is 5.41 Å². The van der Waals surface area contributed by atoms with Crippen molar-refractivity contribution in [3.8, 4) is 0 Å². The predicted molar refractivity (Wildman–Crippen MR) is 69.4 cm³/mol. The third-order valence-electron chi connectivity index (χ3n) is 4.37. The van der Waals surface area contributed by atoms with Crippen LogP contribution in [0.4, 0.5) is 0 Å². The molecular weight excluding hydrogens is 236 g/mol. The number of hydrogen-bond acceptors (Lipinski definition) is 3. The van der Waals surface area contributed by atoms with Crippen LogP contribution < -0.4 is 0 Å². The summed E-state index contributed by atoms with van der Waals surface area (Å²) in [6.07, 6.45) is 1.65. The van der Waals surface area contributed by atoms with E-state index in [9.17, 15) is 8.42 Å². The van der Waals surface area contributed by atoms with E-state index in [4.69, 9.17) is 0 Å².